The predicted octanol–water partition coefficient (Wildman–Crippen LogP) is 7.14. The second kappa shape index (κ2) is 16.1. The molecule has 1 saturated heterocycles. The van der Waals surface area contributed by atoms with Crippen LogP contribution in [0.25, 0.3) is 0 Å². The van der Waals surface area contributed by atoms with Gasteiger partial charge in [0, 0.05) is 23.5 Å². The first-order valence-electron chi connectivity index (χ1n) is 19.3. The van der Waals surface area contributed by atoms with Gasteiger partial charge in [-0.1, -0.05) is 67.4 Å². The number of aromatic hydroxyl groups is 3. The highest BCUT2D eigenvalue weighted by Crippen LogP contribution is 2.53. The summed E-state index contributed by atoms with van der Waals surface area (Å²) in [6, 6.07) is 18.1. The maximum absolute atomic E-state index is 11.6. The second-order valence-corrected chi connectivity index (χ2v) is 15.8. The summed E-state index contributed by atoms with van der Waals surface area (Å²) in [6.45, 7) is 1.73. The van der Waals surface area contributed by atoms with Crippen LogP contribution in [-0.2, 0) is 24.2 Å². The number of phenolic OH excluding ortho intramolecular Hbond substituents is 2. The molecule has 3 aromatic carbocycles. The van der Waals surface area contributed by atoms with Crippen molar-refractivity contribution in [2.45, 2.75) is 114 Å². The summed E-state index contributed by atoms with van der Waals surface area (Å²) in [6.07, 6.45) is 8.57. The van der Waals surface area contributed by atoms with Gasteiger partial charge >= 0.3 is 0 Å². The monoisotopic (exact) mass is 724 g/mol. The lowest BCUT2D eigenvalue weighted by molar-refractivity contribution is -0.154. The molecule has 1 aliphatic heterocycles. The van der Waals surface area contributed by atoms with E-state index < -0.39 is 36.4 Å². The van der Waals surface area contributed by atoms with Crippen molar-refractivity contribution in [3.63, 3.8) is 0 Å². The largest absolute Gasteiger partial charge is 0.670 e. The van der Waals surface area contributed by atoms with E-state index in [2.05, 4.69) is 30.1 Å². The molecule has 2 aliphatic carbocycles. The Balaban J connectivity index is 1.14. The molecule has 0 bridgehead atoms. The third-order valence-corrected chi connectivity index (χ3v) is 12.6. The Labute approximate surface area is 312 Å². The Hall–Kier alpha value is -4.02. The molecule has 6 N–H and O–H groups in total. The quantitative estimate of drug-likeness (QED) is 0.0887. The molecule has 53 heavy (non-hydrogen) atoms. The molecular weight excluding hydrogens is 670 g/mol. The molecule has 2 saturated carbocycles. The Morgan fingerprint density at radius 1 is 0.906 bits per heavy atom. The van der Waals surface area contributed by atoms with Crippen molar-refractivity contribution >= 4 is 0 Å². The summed E-state index contributed by atoms with van der Waals surface area (Å²) in [5.41, 5.74) is 5.38. The Morgan fingerprint density at radius 3 is 2.45 bits per heavy atom. The van der Waals surface area contributed by atoms with E-state index in [9.17, 15) is 30.6 Å². The Morgan fingerprint density at radius 2 is 1.72 bits per heavy atom. The van der Waals surface area contributed by atoms with Crippen LogP contribution in [0, 0.1) is 17.8 Å². The van der Waals surface area contributed by atoms with E-state index in [1.807, 2.05) is 36.4 Å². The molecule has 0 radical (unpaired) electrons. The van der Waals surface area contributed by atoms with Crippen LogP contribution in [-0.4, -0.2) is 56.1 Å². The number of nitrogens with zero attached hydrogens (tertiary/aromatic N) is 1. The van der Waals surface area contributed by atoms with Crippen LogP contribution in [0.3, 0.4) is 0 Å². The Kier molecular flexibility index (Phi) is 11.4. The predicted molar refractivity (Wildman–Crippen MR) is 201 cm³/mol. The van der Waals surface area contributed by atoms with Crippen LogP contribution in [0.2, 0.25) is 0 Å². The van der Waals surface area contributed by atoms with Gasteiger partial charge in [0.25, 0.3) is 0 Å². The first kappa shape index (κ1) is 37.3. The minimum atomic E-state index is -0.668. The molecule has 9 nitrogen and oxygen atoms in total. The topological polar surface area (TPSA) is 154 Å². The van der Waals surface area contributed by atoms with E-state index in [4.69, 9.17) is 9.47 Å². The Bertz CT molecular complexity index is 1830. The average molecular weight is 725 g/mol. The van der Waals surface area contributed by atoms with Gasteiger partial charge in [-0.25, -0.2) is 0 Å². The number of hydrogen-bond acceptors (Lipinski definition) is 8. The van der Waals surface area contributed by atoms with Crippen LogP contribution in [0.4, 0.5) is 0 Å². The fourth-order valence-corrected chi connectivity index (χ4v) is 9.82. The molecule has 0 amide bonds. The molecule has 9 unspecified atom stereocenters. The minimum absolute atomic E-state index is 0.0445. The summed E-state index contributed by atoms with van der Waals surface area (Å²) in [5.74, 6) is 0.128. The summed E-state index contributed by atoms with van der Waals surface area (Å²) in [5, 5.41) is 66.8. The molecule has 0 spiro atoms. The number of benzene rings is 3. The lowest BCUT2D eigenvalue weighted by atomic mass is 9.67. The number of ether oxygens (including phenoxy) is 2. The smallest absolute Gasteiger partial charge is 0.201 e. The van der Waals surface area contributed by atoms with E-state index in [1.165, 1.54) is 12.7 Å². The SMILES string of the molecule is COc1c(O)c(O)c(CO)c(C2CC(O)C3CCC(c4ccc(O)c(C5CC(C)CCC5C(O)CCc5ccccc5)c4)CC3O2)c1Cc1cc[n-]c1. The molecular formula is C44H54NO8-. The lowest BCUT2D eigenvalue weighted by Crippen LogP contribution is -2.44. The number of phenols is 3. The minimum Gasteiger partial charge on any atom is -0.670 e. The summed E-state index contributed by atoms with van der Waals surface area (Å²) < 4.78 is 12.5. The first-order valence-corrected chi connectivity index (χ1v) is 19.3. The van der Waals surface area contributed by atoms with Crippen molar-refractivity contribution in [2.24, 2.45) is 17.8 Å². The number of rotatable bonds is 11. The molecule has 3 aliphatic rings. The zero-order valence-electron chi connectivity index (χ0n) is 30.8. The van der Waals surface area contributed by atoms with Crippen LogP contribution in [0.5, 0.6) is 23.0 Å². The highest BCUT2D eigenvalue weighted by molar-refractivity contribution is 5.64. The van der Waals surface area contributed by atoms with Gasteiger partial charge in [-0.05, 0) is 103 Å². The van der Waals surface area contributed by atoms with Gasteiger partial charge in [0.1, 0.15) is 5.75 Å². The molecule has 1 aromatic heterocycles. The zero-order valence-corrected chi connectivity index (χ0v) is 30.8. The van der Waals surface area contributed by atoms with Gasteiger partial charge in [0.05, 0.1) is 38.1 Å². The van der Waals surface area contributed by atoms with Crippen molar-refractivity contribution < 1.29 is 40.1 Å². The van der Waals surface area contributed by atoms with Gasteiger partial charge in [0.2, 0.25) is 5.75 Å². The average Bonchev–Trinajstić information content (AvgIpc) is 3.69. The highest BCUT2D eigenvalue weighted by Gasteiger charge is 2.44. The zero-order chi connectivity index (χ0) is 37.2. The van der Waals surface area contributed by atoms with E-state index in [1.54, 1.807) is 12.4 Å². The maximum atomic E-state index is 11.6. The standard InChI is InChI=1S/C44H54NO8/c1-25-8-12-30(36(47)14-9-26-6-4-3-5-7-26)32(18-25)33-20-28(11-15-37(33)48)29-10-13-31-38(49)22-40(53-39(31)21-29)41-34(19-27-16-17-45-23-27)44(52-2)43(51)42(50)35(41)24-46/h3-7,11,15-17,20,23,25,29-32,36,38-40,46-51H,8-10,12-14,18-19,21-22,24H2,1-2H3/q-1. The van der Waals surface area contributed by atoms with Gasteiger partial charge in [-0.3, -0.25) is 0 Å². The number of fused-ring (bicyclic) bond motifs is 1. The summed E-state index contributed by atoms with van der Waals surface area (Å²) in [7, 11) is 1.43. The van der Waals surface area contributed by atoms with Crippen LogP contribution < -0.4 is 9.72 Å². The maximum Gasteiger partial charge on any atom is 0.201 e. The molecule has 4 aromatic rings. The van der Waals surface area contributed by atoms with Gasteiger partial charge < -0.3 is 45.1 Å². The van der Waals surface area contributed by atoms with Crippen molar-refractivity contribution in [2.75, 3.05) is 7.11 Å². The first-order chi connectivity index (χ1) is 25.7. The third-order valence-electron chi connectivity index (χ3n) is 12.6. The lowest BCUT2D eigenvalue weighted by Gasteiger charge is -2.46. The summed E-state index contributed by atoms with van der Waals surface area (Å²) in [4.78, 5) is 4.18. The van der Waals surface area contributed by atoms with E-state index in [0.717, 1.165) is 55.2 Å². The van der Waals surface area contributed by atoms with E-state index >= 15 is 0 Å². The van der Waals surface area contributed by atoms with Crippen LogP contribution >= 0.6 is 0 Å². The van der Waals surface area contributed by atoms with Crippen molar-refractivity contribution in [3.8, 4) is 23.0 Å². The van der Waals surface area contributed by atoms with Crippen LogP contribution in [0.15, 0.2) is 67.0 Å². The molecule has 7 rings (SSSR count). The molecule has 2 heterocycles. The van der Waals surface area contributed by atoms with Crippen molar-refractivity contribution in [1.82, 2.24) is 4.98 Å². The number of aryl methyl sites for hydroxylation is 1. The van der Waals surface area contributed by atoms with Crippen molar-refractivity contribution in [3.05, 3.63) is 106 Å². The van der Waals surface area contributed by atoms with E-state index in [-0.39, 0.29) is 53.3 Å². The normalized spacial score (nSPS) is 27.9. The highest BCUT2D eigenvalue weighted by atomic mass is 16.5. The number of methoxy groups -OCH3 is 1. The van der Waals surface area contributed by atoms with Crippen molar-refractivity contribution in [1.29, 1.82) is 0 Å². The summed E-state index contributed by atoms with van der Waals surface area (Å²) >= 11 is 0. The molecule has 9 atom stereocenters. The van der Waals surface area contributed by atoms with Gasteiger partial charge in [0.15, 0.2) is 11.5 Å². The third kappa shape index (κ3) is 7.67. The number of hydrogen-bond donors (Lipinski definition) is 6. The number of aromatic nitrogens is 1. The molecule has 284 valence electrons. The second-order valence-electron chi connectivity index (χ2n) is 15.8. The fourth-order valence-electron chi connectivity index (χ4n) is 9.82. The van der Waals surface area contributed by atoms with Gasteiger partial charge in [-0.15, -0.1) is 0 Å². The molecule has 9 heteroatoms. The van der Waals surface area contributed by atoms with E-state index in [0.29, 0.717) is 36.3 Å². The molecule has 3 fully saturated rings. The van der Waals surface area contributed by atoms with Gasteiger partial charge in [-0.2, -0.15) is 12.4 Å². The fraction of sp³-hybridized carbons (Fsp3) is 0.500. The number of aliphatic hydroxyl groups excluding tert-OH is 3. The number of aliphatic hydroxyl groups is 3. The van der Waals surface area contributed by atoms with Crippen LogP contribution in [0.1, 0.15) is 115 Å².